The van der Waals surface area contributed by atoms with Crippen LogP contribution in [0.15, 0.2) is 64.7 Å². The number of carbonyl (C=O) groups is 2. The lowest BCUT2D eigenvalue weighted by Crippen LogP contribution is -2.41. The molecule has 4 N–H and O–H groups in total. The molecule has 0 bridgehead atoms. The number of sulfonamides is 1. The van der Waals surface area contributed by atoms with Crippen LogP contribution in [0.3, 0.4) is 0 Å². The Balaban J connectivity index is 1.33. The number of guanidine groups is 1. The molecule has 228 valence electrons. The zero-order valence-electron chi connectivity index (χ0n) is 24.5. The fourth-order valence-corrected chi connectivity index (χ4v) is 7.20. The summed E-state index contributed by atoms with van der Waals surface area (Å²) in [5, 5.41) is 0. The summed E-state index contributed by atoms with van der Waals surface area (Å²) in [6.45, 7) is 1.59. The zero-order valence-corrected chi connectivity index (χ0v) is 25.3. The van der Waals surface area contributed by atoms with Gasteiger partial charge < -0.3 is 21.1 Å². The van der Waals surface area contributed by atoms with E-state index in [1.807, 2.05) is 35.4 Å². The van der Waals surface area contributed by atoms with Crippen LogP contribution in [0.2, 0.25) is 0 Å². The van der Waals surface area contributed by atoms with Crippen molar-refractivity contribution in [1.29, 1.82) is 0 Å². The Morgan fingerprint density at radius 3 is 2.30 bits per heavy atom. The fourth-order valence-electron chi connectivity index (χ4n) is 6.33. The first-order valence-electron chi connectivity index (χ1n) is 14.4. The Bertz CT molecular complexity index is 1550. The standard InChI is InChI=1S/C31H38N6O5S/c1-42-29(38)15-20-3-5-21(6-4-20)24-16-27(34-18-24)28-17-25(22-11-13-36(14-12-22)43(2,40)41)19-37(28)30(39)23-7-9-26(10-8-23)35-31(32)33/h3-10,18,22,25,28H,11-17,19H2,1-2H3,(H4,32,33,35)/t25-,28?/m0/s1. The molecule has 1 amide bonds. The number of hydrogen-bond donors (Lipinski definition) is 2. The van der Waals surface area contributed by atoms with Gasteiger partial charge in [0, 0.05) is 43.5 Å². The Morgan fingerprint density at radius 1 is 1.02 bits per heavy atom. The SMILES string of the molecule is COC(=O)Cc1ccc(C2=CN=C(C3C[C@H](C4CCN(S(C)(=O)=O)CC4)CN3C(=O)c3ccc(N=C(N)N)cc3)C2)cc1. The maximum absolute atomic E-state index is 13.9. The number of aliphatic imine (C=N–C) groups is 2. The molecule has 2 aromatic rings. The van der Waals surface area contributed by atoms with Gasteiger partial charge in [0.25, 0.3) is 5.91 Å². The number of likely N-dealkylation sites (tertiary alicyclic amines) is 1. The van der Waals surface area contributed by atoms with E-state index in [0.29, 0.717) is 43.2 Å². The Morgan fingerprint density at radius 2 is 1.70 bits per heavy atom. The van der Waals surface area contributed by atoms with Gasteiger partial charge in [0.15, 0.2) is 5.96 Å². The topological polar surface area (TPSA) is 161 Å². The molecule has 11 nitrogen and oxygen atoms in total. The molecule has 0 aromatic heterocycles. The quantitative estimate of drug-likeness (QED) is 0.265. The van der Waals surface area contributed by atoms with E-state index < -0.39 is 10.0 Å². The number of benzene rings is 2. The summed E-state index contributed by atoms with van der Waals surface area (Å²) in [5.41, 5.74) is 16.0. The van der Waals surface area contributed by atoms with E-state index in [1.54, 1.807) is 28.6 Å². The van der Waals surface area contributed by atoms with E-state index in [2.05, 4.69) is 4.99 Å². The van der Waals surface area contributed by atoms with Crippen molar-refractivity contribution in [3.05, 3.63) is 71.4 Å². The minimum atomic E-state index is -3.22. The van der Waals surface area contributed by atoms with Crippen LogP contribution in [-0.4, -0.2) is 80.2 Å². The smallest absolute Gasteiger partial charge is 0.309 e. The molecular formula is C31H38N6O5S. The van der Waals surface area contributed by atoms with Gasteiger partial charge in [0.2, 0.25) is 10.0 Å². The zero-order chi connectivity index (χ0) is 30.7. The van der Waals surface area contributed by atoms with Gasteiger partial charge in [-0.05, 0) is 72.1 Å². The van der Waals surface area contributed by atoms with Gasteiger partial charge in [0.1, 0.15) is 0 Å². The third kappa shape index (κ3) is 7.14. The molecule has 3 heterocycles. The molecule has 0 aliphatic carbocycles. The van der Waals surface area contributed by atoms with Crippen molar-refractivity contribution in [3.63, 3.8) is 0 Å². The Hall–Kier alpha value is -4.03. The second-order valence-electron chi connectivity index (χ2n) is 11.5. The van der Waals surface area contributed by atoms with Crippen molar-refractivity contribution in [2.75, 3.05) is 33.0 Å². The number of carbonyl (C=O) groups excluding carboxylic acids is 2. The predicted molar refractivity (Wildman–Crippen MR) is 166 cm³/mol. The number of allylic oxidation sites excluding steroid dienone is 1. The average Bonchev–Trinajstić information content (AvgIpc) is 3.65. The summed E-state index contributed by atoms with van der Waals surface area (Å²) in [6, 6.07) is 14.5. The third-order valence-electron chi connectivity index (χ3n) is 8.64. The summed E-state index contributed by atoms with van der Waals surface area (Å²) in [6.07, 6.45) is 6.28. The van der Waals surface area contributed by atoms with E-state index in [-0.39, 0.29) is 36.2 Å². The number of amides is 1. The van der Waals surface area contributed by atoms with Crippen LogP contribution < -0.4 is 11.5 Å². The molecule has 43 heavy (non-hydrogen) atoms. The number of esters is 1. The van der Waals surface area contributed by atoms with Gasteiger partial charge in [-0.1, -0.05) is 24.3 Å². The second-order valence-corrected chi connectivity index (χ2v) is 13.4. The molecule has 3 aliphatic rings. The highest BCUT2D eigenvalue weighted by Gasteiger charge is 2.43. The molecule has 1 unspecified atom stereocenters. The number of ether oxygens (including phenoxy) is 1. The van der Waals surface area contributed by atoms with Crippen molar-refractivity contribution in [1.82, 2.24) is 9.21 Å². The lowest BCUT2D eigenvalue weighted by molar-refractivity contribution is -0.139. The normalized spacial score (nSPS) is 21.3. The van der Waals surface area contributed by atoms with Crippen LogP contribution >= 0.6 is 0 Å². The molecule has 2 atom stereocenters. The van der Waals surface area contributed by atoms with E-state index in [9.17, 15) is 18.0 Å². The number of nitrogens with zero attached hydrogens (tertiary/aromatic N) is 4. The van der Waals surface area contributed by atoms with Crippen LogP contribution in [0, 0.1) is 11.8 Å². The van der Waals surface area contributed by atoms with Crippen molar-refractivity contribution >= 4 is 44.8 Å². The monoisotopic (exact) mass is 606 g/mol. The largest absolute Gasteiger partial charge is 0.469 e. The van der Waals surface area contributed by atoms with E-state index in [0.717, 1.165) is 41.7 Å². The van der Waals surface area contributed by atoms with Crippen LogP contribution in [0.25, 0.3) is 5.57 Å². The lowest BCUT2D eigenvalue weighted by atomic mass is 9.82. The maximum atomic E-state index is 13.9. The molecule has 3 aliphatic heterocycles. The van der Waals surface area contributed by atoms with Crippen molar-refractivity contribution < 1.29 is 22.7 Å². The van der Waals surface area contributed by atoms with Crippen LogP contribution in [0.4, 0.5) is 5.69 Å². The molecule has 0 radical (unpaired) electrons. The van der Waals surface area contributed by atoms with Gasteiger partial charge in [-0.2, -0.15) is 0 Å². The molecule has 2 aromatic carbocycles. The summed E-state index contributed by atoms with van der Waals surface area (Å²) in [7, 11) is -1.84. The number of rotatable bonds is 8. The molecule has 0 saturated carbocycles. The Labute approximate surface area is 252 Å². The van der Waals surface area contributed by atoms with Gasteiger partial charge >= 0.3 is 5.97 Å². The second kappa shape index (κ2) is 12.7. The molecule has 12 heteroatoms. The summed E-state index contributed by atoms with van der Waals surface area (Å²) >= 11 is 0. The predicted octanol–water partition coefficient (Wildman–Crippen LogP) is 2.70. The lowest BCUT2D eigenvalue weighted by Gasteiger charge is -2.33. The van der Waals surface area contributed by atoms with Gasteiger partial charge in [0.05, 0.1) is 31.5 Å². The molecular weight excluding hydrogens is 568 g/mol. The highest BCUT2D eigenvalue weighted by molar-refractivity contribution is 7.88. The van der Waals surface area contributed by atoms with E-state index in [1.165, 1.54) is 13.4 Å². The molecule has 0 spiro atoms. The Kier molecular flexibility index (Phi) is 8.97. The minimum Gasteiger partial charge on any atom is -0.469 e. The van der Waals surface area contributed by atoms with E-state index in [4.69, 9.17) is 21.2 Å². The number of hydrogen-bond acceptors (Lipinski definition) is 7. The van der Waals surface area contributed by atoms with Crippen LogP contribution in [0.1, 0.15) is 47.2 Å². The molecule has 2 fully saturated rings. The first kappa shape index (κ1) is 30.4. The van der Waals surface area contributed by atoms with Gasteiger partial charge in [-0.15, -0.1) is 0 Å². The summed E-state index contributed by atoms with van der Waals surface area (Å²) in [4.78, 5) is 36.3. The molecule has 2 saturated heterocycles. The first-order valence-corrected chi connectivity index (χ1v) is 16.2. The van der Waals surface area contributed by atoms with Crippen molar-refractivity contribution in [2.45, 2.75) is 38.1 Å². The van der Waals surface area contributed by atoms with Gasteiger partial charge in [-0.25, -0.2) is 17.7 Å². The van der Waals surface area contributed by atoms with Gasteiger partial charge in [-0.3, -0.25) is 14.6 Å². The summed E-state index contributed by atoms with van der Waals surface area (Å²) in [5.74, 6) is 0.136. The van der Waals surface area contributed by atoms with Crippen molar-refractivity contribution in [2.24, 2.45) is 33.3 Å². The average molecular weight is 607 g/mol. The van der Waals surface area contributed by atoms with Crippen LogP contribution in [-0.2, 0) is 26.0 Å². The van der Waals surface area contributed by atoms with Crippen molar-refractivity contribution in [3.8, 4) is 0 Å². The number of methoxy groups -OCH3 is 1. The molecule has 5 rings (SSSR count). The third-order valence-corrected chi connectivity index (χ3v) is 9.95. The maximum Gasteiger partial charge on any atom is 0.309 e. The summed E-state index contributed by atoms with van der Waals surface area (Å²) < 4.78 is 30.4. The fraction of sp³-hybridized carbons (Fsp3) is 0.419. The van der Waals surface area contributed by atoms with Crippen LogP contribution in [0.5, 0.6) is 0 Å². The minimum absolute atomic E-state index is 0.0518. The number of piperidine rings is 1. The highest BCUT2D eigenvalue weighted by Crippen LogP contribution is 2.39. The first-order chi connectivity index (χ1) is 20.5. The highest BCUT2D eigenvalue weighted by atomic mass is 32.2. The number of nitrogens with two attached hydrogens (primary N) is 2. The van der Waals surface area contributed by atoms with E-state index >= 15 is 0 Å².